The number of thiophene rings is 1. The minimum absolute atomic E-state index is 0.166. The van der Waals surface area contributed by atoms with E-state index < -0.39 is 0 Å². The van der Waals surface area contributed by atoms with E-state index in [1.165, 1.54) is 46.7 Å². The Labute approximate surface area is 242 Å². The van der Waals surface area contributed by atoms with Crippen molar-refractivity contribution in [3.05, 3.63) is 61.7 Å². The van der Waals surface area contributed by atoms with Gasteiger partial charge in [-0.05, 0) is 88.5 Å². The zero-order valence-corrected chi connectivity index (χ0v) is 25.7. The molecule has 0 bridgehead atoms. The van der Waals surface area contributed by atoms with E-state index in [4.69, 9.17) is 4.74 Å². The van der Waals surface area contributed by atoms with E-state index in [0.717, 1.165) is 48.4 Å². The number of hydrogen-bond acceptors (Lipinski definition) is 6. The number of likely N-dealkylation sites (tertiary alicyclic amines) is 1. The van der Waals surface area contributed by atoms with Crippen molar-refractivity contribution in [2.45, 2.75) is 91.3 Å². The predicted octanol–water partition coefficient (Wildman–Crippen LogP) is 6.00. The number of fused-ring (bicyclic) bond motifs is 1. The first kappa shape index (κ1) is 27.5. The number of hydrogen-bond donors (Lipinski definition) is 0. The molecule has 0 radical (unpaired) electrons. The molecule has 0 spiro atoms. The van der Waals surface area contributed by atoms with Crippen LogP contribution in [0, 0.1) is 33.6 Å². The molecule has 0 aromatic carbocycles. The molecule has 40 heavy (non-hydrogen) atoms. The summed E-state index contributed by atoms with van der Waals surface area (Å²) in [6.45, 7) is 14.4. The highest BCUT2D eigenvalue weighted by Crippen LogP contribution is 2.45. The molecule has 214 valence electrons. The fourth-order valence-corrected chi connectivity index (χ4v) is 8.83. The number of amides is 1. The van der Waals surface area contributed by atoms with E-state index in [0.29, 0.717) is 36.3 Å². The molecule has 0 N–H and O–H groups in total. The smallest absolute Gasteiger partial charge is 0.255 e. The zero-order chi connectivity index (χ0) is 28.1. The van der Waals surface area contributed by atoms with Gasteiger partial charge in [0.25, 0.3) is 5.91 Å². The average molecular weight is 562 g/mol. The molecular formula is C32H43N5O2S. The molecule has 1 amide bonds. The van der Waals surface area contributed by atoms with Crippen LogP contribution in [0.25, 0.3) is 0 Å². The van der Waals surface area contributed by atoms with Crippen LogP contribution in [-0.4, -0.2) is 63.3 Å². The van der Waals surface area contributed by atoms with Crippen molar-refractivity contribution in [3.8, 4) is 5.88 Å². The molecule has 2 aliphatic heterocycles. The number of ether oxygens (including phenoxy) is 1. The number of carbonyl (C=O) groups excluding carboxylic acids is 1. The lowest BCUT2D eigenvalue weighted by molar-refractivity contribution is 0.0262. The van der Waals surface area contributed by atoms with Gasteiger partial charge in [-0.25, -0.2) is 4.98 Å². The summed E-state index contributed by atoms with van der Waals surface area (Å²) >= 11 is 1.91. The topological polar surface area (TPSA) is 63.5 Å². The van der Waals surface area contributed by atoms with Crippen molar-refractivity contribution >= 4 is 17.2 Å². The normalized spacial score (nSPS) is 22.8. The van der Waals surface area contributed by atoms with E-state index in [2.05, 4.69) is 59.5 Å². The third-order valence-electron chi connectivity index (χ3n) is 9.83. The maximum Gasteiger partial charge on any atom is 0.255 e. The minimum Gasteiger partial charge on any atom is -0.481 e. The van der Waals surface area contributed by atoms with Gasteiger partial charge in [0, 0.05) is 65.0 Å². The van der Waals surface area contributed by atoms with Gasteiger partial charge >= 0.3 is 0 Å². The van der Waals surface area contributed by atoms with Gasteiger partial charge in [-0.15, -0.1) is 11.3 Å². The number of methoxy groups -OCH3 is 1. The monoisotopic (exact) mass is 561 g/mol. The van der Waals surface area contributed by atoms with Crippen LogP contribution in [0.5, 0.6) is 5.88 Å². The maximum atomic E-state index is 13.8. The molecule has 1 saturated heterocycles. The minimum atomic E-state index is 0.166. The molecule has 1 saturated carbocycles. The molecular weight excluding hydrogens is 518 g/mol. The first-order valence-corrected chi connectivity index (χ1v) is 15.7. The Hall–Kier alpha value is -2.71. The number of aromatic nitrogens is 3. The summed E-state index contributed by atoms with van der Waals surface area (Å²) in [7, 11) is 1.66. The van der Waals surface area contributed by atoms with Gasteiger partial charge in [-0.1, -0.05) is 6.92 Å². The number of carbonyl (C=O) groups is 1. The lowest BCUT2D eigenvalue weighted by Gasteiger charge is -2.47. The molecule has 3 aromatic rings. The molecule has 1 atom stereocenters. The Bertz CT molecular complexity index is 1400. The van der Waals surface area contributed by atoms with Crippen molar-refractivity contribution < 1.29 is 9.53 Å². The van der Waals surface area contributed by atoms with E-state index in [1.807, 2.05) is 29.4 Å². The SMILES string of the molecule is COc1nc(C)cc(C)c1CN1CCc2sc([C@H](C)C3CCC(N4CC(n5nccc5C)C4)CC3)c(C)c2C1=O. The van der Waals surface area contributed by atoms with Crippen molar-refractivity contribution in [3.63, 3.8) is 0 Å². The Morgan fingerprint density at radius 3 is 2.52 bits per heavy atom. The molecule has 3 aliphatic rings. The summed E-state index contributed by atoms with van der Waals surface area (Å²) in [6, 6.07) is 5.42. The van der Waals surface area contributed by atoms with Gasteiger partial charge in [0.15, 0.2) is 0 Å². The first-order valence-electron chi connectivity index (χ1n) is 14.9. The maximum absolute atomic E-state index is 13.8. The highest BCUT2D eigenvalue weighted by atomic mass is 32.1. The van der Waals surface area contributed by atoms with E-state index >= 15 is 0 Å². The highest BCUT2D eigenvalue weighted by molar-refractivity contribution is 7.12. The third-order valence-corrected chi connectivity index (χ3v) is 11.4. The Balaban J connectivity index is 1.09. The van der Waals surface area contributed by atoms with Gasteiger partial charge in [0.05, 0.1) is 25.3 Å². The molecule has 1 aliphatic carbocycles. The second kappa shape index (κ2) is 10.9. The van der Waals surface area contributed by atoms with Gasteiger partial charge in [-0.2, -0.15) is 5.10 Å². The van der Waals surface area contributed by atoms with Crippen molar-refractivity contribution in [1.29, 1.82) is 0 Å². The number of nitrogens with zero attached hydrogens (tertiary/aromatic N) is 5. The van der Waals surface area contributed by atoms with Crippen LogP contribution in [-0.2, 0) is 13.0 Å². The largest absolute Gasteiger partial charge is 0.481 e. The molecule has 8 heteroatoms. The average Bonchev–Trinajstić information content (AvgIpc) is 3.48. The lowest BCUT2D eigenvalue weighted by Crippen LogP contribution is -2.54. The Morgan fingerprint density at radius 1 is 1.10 bits per heavy atom. The van der Waals surface area contributed by atoms with Crippen LogP contribution < -0.4 is 4.74 Å². The molecule has 2 fully saturated rings. The predicted molar refractivity (Wildman–Crippen MR) is 159 cm³/mol. The number of pyridine rings is 1. The van der Waals surface area contributed by atoms with Crippen LogP contribution >= 0.6 is 11.3 Å². The fraction of sp³-hybridized carbons (Fsp3) is 0.594. The summed E-state index contributed by atoms with van der Waals surface area (Å²) in [5.41, 5.74) is 6.51. The summed E-state index contributed by atoms with van der Waals surface area (Å²) in [5.74, 6) is 1.99. The highest BCUT2D eigenvalue weighted by Gasteiger charge is 2.38. The van der Waals surface area contributed by atoms with Crippen LogP contribution in [0.1, 0.15) is 92.8 Å². The summed E-state index contributed by atoms with van der Waals surface area (Å²) in [5, 5.41) is 4.52. The van der Waals surface area contributed by atoms with Crippen LogP contribution in [0.15, 0.2) is 18.3 Å². The standard InChI is InChI=1S/C32H43N5O2S/c1-19-15-20(2)34-31(39-6)27(19)18-35-14-12-28-29(32(35)38)23(5)30(40-28)22(4)24-7-9-25(10-8-24)36-16-26(17-36)37-21(3)11-13-33-37/h11,13,15,22,24-26H,7-10,12,14,16-18H2,1-6H3/t22-,24?,25?/m1/s1. The van der Waals surface area contributed by atoms with Crippen molar-refractivity contribution in [2.75, 3.05) is 26.7 Å². The zero-order valence-electron chi connectivity index (χ0n) is 24.9. The fourth-order valence-electron chi connectivity index (χ4n) is 7.40. The molecule has 3 aromatic heterocycles. The van der Waals surface area contributed by atoms with Crippen molar-refractivity contribution in [2.24, 2.45) is 5.92 Å². The summed E-state index contributed by atoms with van der Waals surface area (Å²) < 4.78 is 7.78. The Morgan fingerprint density at radius 2 is 1.85 bits per heavy atom. The molecule has 7 nitrogen and oxygen atoms in total. The Kier molecular flexibility index (Phi) is 7.51. The lowest BCUT2D eigenvalue weighted by atomic mass is 9.76. The second-order valence-electron chi connectivity index (χ2n) is 12.3. The van der Waals surface area contributed by atoms with Gasteiger partial charge in [0.1, 0.15) is 0 Å². The second-order valence-corrected chi connectivity index (χ2v) is 13.5. The quantitative estimate of drug-likeness (QED) is 0.354. The first-order chi connectivity index (χ1) is 19.2. The third kappa shape index (κ3) is 4.87. The van der Waals surface area contributed by atoms with Crippen LogP contribution in [0.3, 0.4) is 0 Å². The van der Waals surface area contributed by atoms with E-state index in [1.54, 1.807) is 7.11 Å². The molecule has 0 unspecified atom stereocenters. The van der Waals surface area contributed by atoms with E-state index in [-0.39, 0.29) is 5.91 Å². The van der Waals surface area contributed by atoms with Gasteiger partial charge in [-0.3, -0.25) is 14.4 Å². The summed E-state index contributed by atoms with van der Waals surface area (Å²) in [6.07, 6.45) is 7.95. The summed E-state index contributed by atoms with van der Waals surface area (Å²) in [4.78, 5) is 25.7. The number of rotatable bonds is 7. The van der Waals surface area contributed by atoms with Crippen LogP contribution in [0.4, 0.5) is 0 Å². The number of aryl methyl sites for hydroxylation is 3. The van der Waals surface area contributed by atoms with Crippen LogP contribution in [0.2, 0.25) is 0 Å². The molecule has 6 rings (SSSR count). The van der Waals surface area contributed by atoms with Crippen molar-refractivity contribution in [1.82, 2.24) is 24.6 Å². The van der Waals surface area contributed by atoms with Gasteiger partial charge in [0.2, 0.25) is 5.88 Å². The van der Waals surface area contributed by atoms with Gasteiger partial charge < -0.3 is 9.64 Å². The van der Waals surface area contributed by atoms with E-state index in [9.17, 15) is 4.79 Å². The molecule has 5 heterocycles.